The van der Waals surface area contributed by atoms with Gasteiger partial charge in [-0.15, -0.1) is 0 Å². The highest BCUT2D eigenvalue weighted by Gasteiger charge is 2.05. The molecule has 0 aliphatic carbocycles. The monoisotopic (exact) mass is 335 g/mol. The van der Waals surface area contributed by atoms with Gasteiger partial charge < -0.3 is 5.32 Å². The van der Waals surface area contributed by atoms with Gasteiger partial charge in [-0.3, -0.25) is 0 Å². The fraction of sp³-hybridized carbons (Fsp3) is 0.250. The van der Waals surface area contributed by atoms with E-state index in [1.54, 1.807) is 0 Å². The van der Waals surface area contributed by atoms with Gasteiger partial charge >= 0.3 is 0 Å². The van der Waals surface area contributed by atoms with Gasteiger partial charge in [-0.25, -0.2) is 0 Å². The van der Waals surface area contributed by atoms with E-state index in [2.05, 4.69) is 76.7 Å². The average Bonchev–Trinajstić information content (AvgIpc) is 2.43. The number of rotatable bonds is 6. The van der Waals surface area contributed by atoms with Crippen molar-refractivity contribution in [2.45, 2.75) is 29.7 Å². The number of hydrogen-bond acceptors (Lipinski definition) is 2. The second-order valence-electron chi connectivity index (χ2n) is 4.34. The largest absolute Gasteiger partial charge is 0.313 e. The van der Waals surface area contributed by atoms with Crippen molar-refractivity contribution < 1.29 is 0 Å². The molecule has 0 amide bonds. The van der Waals surface area contributed by atoms with E-state index in [0.29, 0.717) is 0 Å². The summed E-state index contributed by atoms with van der Waals surface area (Å²) in [5.74, 6) is 0. The number of nitrogens with one attached hydrogen (secondary N) is 1. The lowest BCUT2D eigenvalue weighted by molar-refractivity contribution is 0.669. The molecule has 0 spiro atoms. The minimum Gasteiger partial charge on any atom is -0.313 e. The summed E-state index contributed by atoms with van der Waals surface area (Å²) in [5.41, 5.74) is 1.35. The zero-order chi connectivity index (χ0) is 13.5. The molecule has 1 nitrogen and oxygen atoms in total. The summed E-state index contributed by atoms with van der Waals surface area (Å²) in [7, 11) is 0. The summed E-state index contributed by atoms with van der Waals surface area (Å²) in [6.07, 6.45) is 1.16. The van der Waals surface area contributed by atoms with Crippen LogP contribution in [0.1, 0.15) is 18.9 Å². The molecule has 2 rings (SSSR count). The quantitative estimate of drug-likeness (QED) is 0.737. The maximum Gasteiger partial charge on any atom is 0.0216 e. The molecule has 2 aromatic carbocycles. The lowest BCUT2D eigenvalue weighted by atomic mass is 10.2. The number of benzene rings is 2. The molecule has 100 valence electrons. The van der Waals surface area contributed by atoms with Crippen molar-refractivity contribution in [3.8, 4) is 0 Å². The molecule has 0 aliphatic heterocycles. The van der Waals surface area contributed by atoms with E-state index in [0.717, 1.165) is 24.0 Å². The van der Waals surface area contributed by atoms with E-state index < -0.39 is 0 Å². The molecule has 19 heavy (non-hydrogen) atoms. The fourth-order valence-corrected chi connectivity index (χ4v) is 3.30. The molecule has 0 unspecified atom stereocenters. The van der Waals surface area contributed by atoms with Crippen LogP contribution in [0.25, 0.3) is 0 Å². The predicted molar refractivity (Wildman–Crippen MR) is 86.7 cm³/mol. The molecule has 0 atom stereocenters. The Kier molecular flexibility index (Phi) is 5.95. The molecule has 0 radical (unpaired) electrons. The Morgan fingerprint density at radius 3 is 2.63 bits per heavy atom. The van der Waals surface area contributed by atoms with Gasteiger partial charge in [0.05, 0.1) is 0 Å². The van der Waals surface area contributed by atoms with Gasteiger partial charge in [-0.1, -0.05) is 58.9 Å². The van der Waals surface area contributed by atoms with Gasteiger partial charge in [0.2, 0.25) is 0 Å². The molecule has 0 heterocycles. The lowest BCUT2D eigenvalue weighted by Gasteiger charge is -2.10. The van der Waals surface area contributed by atoms with Crippen LogP contribution in [0.4, 0.5) is 0 Å². The van der Waals surface area contributed by atoms with Crippen LogP contribution < -0.4 is 5.32 Å². The van der Waals surface area contributed by atoms with Crippen LogP contribution in [-0.4, -0.2) is 6.54 Å². The molecule has 0 saturated carbocycles. The number of halogens is 1. The lowest BCUT2D eigenvalue weighted by Crippen LogP contribution is -2.14. The molecule has 0 aromatic heterocycles. The Balaban J connectivity index is 2.15. The highest BCUT2D eigenvalue weighted by atomic mass is 79.9. The SMILES string of the molecule is CCCNCc1ccc(Br)cc1Sc1ccccc1. The summed E-state index contributed by atoms with van der Waals surface area (Å²) in [6.45, 7) is 4.18. The van der Waals surface area contributed by atoms with Crippen molar-refractivity contribution in [1.82, 2.24) is 5.32 Å². The van der Waals surface area contributed by atoms with Crippen LogP contribution in [0.2, 0.25) is 0 Å². The summed E-state index contributed by atoms with van der Waals surface area (Å²) < 4.78 is 1.13. The van der Waals surface area contributed by atoms with E-state index in [4.69, 9.17) is 0 Å². The second kappa shape index (κ2) is 7.73. The van der Waals surface area contributed by atoms with Crippen molar-refractivity contribution in [2.24, 2.45) is 0 Å². The maximum atomic E-state index is 3.56. The minimum absolute atomic E-state index is 0.927. The van der Waals surface area contributed by atoms with Gasteiger partial charge in [0, 0.05) is 20.8 Å². The molecule has 0 aliphatic rings. The predicted octanol–water partition coefficient (Wildman–Crippen LogP) is 5.10. The van der Waals surface area contributed by atoms with Gasteiger partial charge in [0.15, 0.2) is 0 Å². The van der Waals surface area contributed by atoms with E-state index in [-0.39, 0.29) is 0 Å². The molecule has 2 aromatic rings. The van der Waals surface area contributed by atoms with E-state index in [1.165, 1.54) is 15.4 Å². The first kappa shape index (κ1) is 14.6. The van der Waals surface area contributed by atoms with Crippen molar-refractivity contribution in [1.29, 1.82) is 0 Å². The Labute approximate surface area is 127 Å². The summed E-state index contributed by atoms with van der Waals surface area (Å²) in [4.78, 5) is 2.58. The van der Waals surface area contributed by atoms with Gasteiger partial charge in [-0.05, 0) is 42.8 Å². The summed E-state index contributed by atoms with van der Waals surface area (Å²) in [6, 6.07) is 17.0. The highest BCUT2D eigenvalue weighted by Crippen LogP contribution is 2.32. The average molecular weight is 336 g/mol. The van der Waals surface area contributed by atoms with Crippen LogP contribution in [0.3, 0.4) is 0 Å². The topological polar surface area (TPSA) is 12.0 Å². The van der Waals surface area contributed by atoms with E-state index in [1.807, 2.05) is 11.8 Å². The van der Waals surface area contributed by atoms with Gasteiger partial charge in [0.25, 0.3) is 0 Å². The zero-order valence-corrected chi connectivity index (χ0v) is 13.4. The first-order valence-electron chi connectivity index (χ1n) is 6.51. The summed E-state index contributed by atoms with van der Waals surface area (Å²) >= 11 is 5.37. The fourth-order valence-electron chi connectivity index (χ4n) is 1.78. The van der Waals surface area contributed by atoms with Crippen LogP contribution in [0, 0.1) is 0 Å². The Hall–Kier alpha value is -0.770. The molecule has 0 saturated heterocycles. The van der Waals surface area contributed by atoms with Gasteiger partial charge in [-0.2, -0.15) is 0 Å². The highest BCUT2D eigenvalue weighted by molar-refractivity contribution is 9.10. The Morgan fingerprint density at radius 2 is 1.89 bits per heavy atom. The van der Waals surface area contributed by atoms with Crippen molar-refractivity contribution in [3.05, 3.63) is 58.6 Å². The first-order chi connectivity index (χ1) is 9.29. The third kappa shape index (κ3) is 4.68. The van der Waals surface area contributed by atoms with Crippen molar-refractivity contribution in [3.63, 3.8) is 0 Å². The molecule has 0 fully saturated rings. The van der Waals surface area contributed by atoms with Crippen LogP contribution in [-0.2, 0) is 6.54 Å². The van der Waals surface area contributed by atoms with Crippen molar-refractivity contribution >= 4 is 27.7 Å². The van der Waals surface area contributed by atoms with E-state index >= 15 is 0 Å². The molecular weight excluding hydrogens is 318 g/mol. The second-order valence-corrected chi connectivity index (χ2v) is 6.37. The van der Waals surface area contributed by atoms with Crippen LogP contribution >= 0.6 is 27.7 Å². The minimum atomic E-state index is 0.927. The standard InChI is InChI=1S/C16H18BrNS/c1-2-10-18-12-13-8-9-14(17)11-16(13)19-15-6-4-3-5-7-15/h3-9,11,18H,2,10,12H2,1H3. The molecule has 1 N–H and O–H groups in total. The Bertz CT molecular complexity index is 513. The third-order valence-corrected chi connectivity index (χ3v) is 4.34. The van der Waals surface area contributed by atoms with Crippen molar-refractivity contribution in [2.75, 3.05) is 6.54 Å². The normalized spacial score (nSPS) is 10.6. The maximum absolute atomic E-state index is 3.56. The summed E-state index contributed by atoms with van der Waals surface area (Å²) in [5, 5.41) is 3.47. The molecule has 3 heteroatoms. The third-order valence-electron chi connectivity index (χ3n) is 2.74. The zero-order valence-electron chi connectivity index (χ0n) is 11.0. The molecule has 0 bridgehead atoms. The molecular formula is C16H18BrNS. The van der Waals surface area contributed by atoms with Crippen LogP contribution in [0.5, 0.6) is 0 Å². The smallest absolute Gasteiger partial charge is 0.0216 e. The first-order valence-corrected chi connectivity index (χ1v) is 8.12. The number of hydrogen-bond donors (Lipinski definition) is 1. The van der Waals surface area contributed by atoms with Crippen LogP contribution in [0.15, 0.2) is 62.8 Å². The van der Waals surface area contributed by atoms with E-state index in [9.17, 15) is 0 Å². The van der Waals surface area contributed by atoms with Gasteiger partial charge in [0.1, 0.15) is 0 Å². The Morgan fingerprint density at radius 1 is 1.11 bits per heavy atom.